The minimum Gasteiger partial charge on any atom is -0.465 e. The van der Waals surface area contributed by atoms with Crippen LogP contribution in [0.25, 0.3) is 33.1 Å². The first-order valence-electron chi connectivity index (χ1n) is 13.1. The summed E-state index contributed by atoms with van der Waals surface area (Å²) in [6, 6.07) is 22.5. The molecule has 8 nitrogen and oxygen atoms in total. The first-order chi connectivity index (χ1) is 19.0. The molecule has 1 atom stereocenters. The molecule has 1 aliphatic heterocycles. The zero-order valence-corrected chi connectivity index (χ0v) is 22.2. The monoisotopic (exact) mass is 519 g/mol. The van der Waals surface area contributed by atoms with Crippen molar-refractivity contribution in [3.8, 4) is 17.3 Å². The summed E-state index contributed by atoms with van der Waals surface area (Å²) in [5, 5.41) is 20.6. The maximum atomic E-state index is 12.6. The van der Waals surface area contributed by atoms with E-state index in [1.54, 1.807) is 10.7 Å². The second kappa shape index (κ2) is 10.0. The van der Waals surface area contributed by atoms with E-state index in [4.69, 9.17) is 9.47 Å². The van der Waals surface area contributed by atoms with Gasteiger partial charge in [0, 0.05) is 36.6 Å². The Balaban J connectivity index is 1.75. The average molecular weight is 520 g/mol. The number of hydrogen-bond donors (Lipinski definition) is 0. The maximum Gasteiger partial charge on any atom is 0.337 e. The van der Waals surface area contributed by atoms with Gasteiger partial charge in [0.25, 0.3) is 0 Å². The summed E-state index contributed by atoms with van der Waals surface area (Å²) in [6.07, 6.45) is 1.82. The van der Waals surface area contributed by atoms with Crippen molar-refractivity contribution in [2.75, 3.05) is 20.3 Å². The molecule has 39 heavy (non-hydrogen) atoms. The largest absolute Gasteiger partial charge is 0.465 e. The average Bonchev–Trinajstić information content (AvgIpc) is 3.49. The van der Waals surface area contributed by atoms with Crippen LogP contribution in [0, 0.1) is 24.2 Å². The van der Waals surface area contributed by atoms with Crippen molar-refractivity contribution < 1.29 is 14.3 Å². The third-order valence-corrected chi connectivity index (χ3v) is 7.85. The number of nitrogens with zero attached hydrogens (tertiary/aromatic N) is 5. The molecule has 3 heterocycles. The fourth-order valence-corrected chi connectivity index (χ4v) is 6.11. The molecule has 3 aromatic carbocycles. The molecule has 6 rings (SSSR count). The number of nitriles is 1. The first-order valence-corrected chi connectivity index (χ1v) is 13.1. The Morgan fingerprint density at radius 1 is 1.10 bits per heavy atom. The topological polar surface area (TPSA) is 95.0 Å². The molecule has 0 N–H and O–H groups in total. The zero-order valence-electron chi connectivity index (χ0n) is 22.2. The number of rotatable bonds is 5. The number of fused-ring (bicyclic) bond motifs is 3. The Bertz CT molecular complexity index is 1720. The van der Waals surface area contributed by atoms with Crippen molar-refractivity contribution in [2.45, 2.75) is 25.8 Å². The molecule has 1 saturated heterocycles. The lowest BCUT2D eigenvalue weighted by atomic mass is 9.86. The van der Waals surface area contributed by atoms with Gasteiger partial charge >= 0.3 is 5.97 Å². The molecular formula is C31H29N5O3. The number of aryl methyl sites for hydroxylation is 2. The van der Waals surface area contributed by atoms with E-state index in [0.29, 0.717) is 30.3 Å². The third kappa shape index (κ3) is 4.16. The highest BCUT2D eigenvalue weighted by Gasteiger charge is 2.31. The minimum absolute atomic E-state index is 0.0319. The molecular weight excluding hydrogens is 490 g/mol. The molecule has 0 radical (unpaired) electrons. The van der Waals surface area contributed by atoms with Gasteiger partial charge in [0.15, 0.2) is 0 Å². The molecule has 1 aliphatic rings. The van der Waals surface area contributed by atoms with Gasteiger partial charge in [-0.15, -0.1) is 5.10 Å². The molecule has 0 spiro atoms. The number of carbonyl (C=O) groups excluding carboxylic acids is 1. The summed E-state index contributed by atoms with van der Waals surface area (Å²) in [4.78, 5) is 12.6. The summed E-state index contributed by atoms with van der Waals surface area (Å²) in [5.74, 6) is -0.0927. The van der Waals surface area contributed by atoms with Gasteiger partial charge < -0.3 is 14.0 Å². The normalized spacial score (nSPS) is 14.9. The second-order valence-corrected chi connectivity index (χ2v) is 10.1. The van der Waals surface area contributed by atoms with Gasteiger partial charge in [-0.25, -0.2) is 9.48 Å². The Morgan fingerprint density at radius 3 is 2.54 bits per heavy atom. The highest BCUT2D eigenvalue weighted by Crippen LogP contribution is 2.43. The van der Waals surface area contributed by atoms with Gasteiger partial charge in [-0.2, -0.15) is 5.26 Å². The van der Waals surface area contributed by atoms with E-state index in [9.17, 15) is 10.1 Å². The molecule has 8 heteroatoms. The lowest BCUT2D eigenvalue weighted by molar-refractivity contribution is 0.0553. The number of carbonyl (C=O) groups is 1. The number of aromatic nitrogens is 4. The van der Waals surface area contributed by atoms with E-state index in [-0.39, 0.29) is 6.04 Å². The lowest BCUT2D eigenvalue weighted by Gasteiger charge is -2.33. The summed E-state index contributed by atoms with van der Waals surface area (Å²) in [5.41, 5.74) is 6.57. The maximum absolute atomic E-state index is 12.6. The summed E-state index contributed by atoms with van der Waals surface area (Å²) in [7, 11) is 3.25. The van der Waals surface area contributed by atoms with Crippen LogP contribution in [0.4, 0.5) is 0 Å². The van der Waals surface area contributed by atoms with Crippen LogP contribution in [0.2, 0.25) is 0 Å². The Labute approximate surface area is 226 Å². The van der Waals surface area contributed by atoms with Crippen molar-refractivity contribution in [3.05, 3.63) is 83.0 Å². The Kier molecular flexibility index (Phi) is 6.37. The van der Waals surface area contributed by atoms with Gasteiger partial charge in [0.2, 0.25) is 0 Å². The molecule has 196 valence electrons. The van der Waals surface area contributed by atoms with Crippen molar-refractivity contribution in [3.63, 3.8) is 0 Å². The van der Waals surface area contributed by atoms with E-state index in [1.807, 2.05) is 38.2 Å². The Morgan fingerprint density at radius 2 is 1.87 bits per heavy atom. The van der Waals surface area contributed by atoms with E-state index >= 15 is 0 Å². The second-order valence-electron chi connectivity index (χ2n) is 10.1. The van der Waals surface area contributed by atoms with Crippen LogP contribution in [0.5, 0.6) is 0 Å². The van der Waals surface area contributed by atoms with E-state index in [2.05, 4.69) is 51.3 Å². The van der Waals surface area contributed by atoms with Crippen molar-refractivity contribution in [2.24, 2.45) is 13.0 Å². The number of esters is 1. The minimum atomic E-state index is -0.395. The molecule has 1 fully saturated rings. The van der Waals surface area contributed by atoms with Crippen LogP contribution in [-0.4, -0.2) is 45.9 Å². The Hall–Kier alpha value is -4.48. The zero-order chi connectivity index (χ0) is 27.1. The number of hydrogen-bond acceptors (Lipinski definition) is 6. The molecule has 2 aromatic heterocycles. The fraction of sp³-hybridized carbons (Fsp3) is 0.290. The smallest absolute Gasteiger partial charge is 0.337 e. The summed E-state index contributed by atoms with van der Waals surface area (Å²) < 4.78 is 14.9. The molecule has 0 aliphatic carbocycles. The van der Waals surface area contributed by atoms with Crippen LogP contribution in [0.3, 0.4) is 0 Å². The highest BCUT2D eigenvalue weighted by molar-refractivity contribution is 6.13. The molecule has 0 amide bonds. The standard InChI is InChI=1S/C31H29N5O3/c1-19-29(35(2)34-33-19)23-15-24(18-32)28-25-10-9-22(31(37)38-3)16-26(25)36(27(28)17-23)30(20-7-5-4-6-8-20)21-11-13-39-14-12-21/h4-10,15-17,21,30H,11-14H2,1-3H3. The molecule has 1 unspecified atom stereocenters. The molecule has 0 saturated carbocycles. The highest BCUT2D eigenvalue weighted by atomic mass is 16.5. The van der Waals surface area contributed by atoms with Crippen LogP contribution in [0.15, 0.2) is 60.7 Å². The fourth-order valence-electron chi connectivity index (χ4n) is 6.11. The lowest BCUT2D eigenvalue weighted by Crippen LogP contribution is -2.27. The quantitative estimate of drug-likeness (QED) is 0.282. The number of methoxy groups -OCH3 is 1. The predicted molar refractivity (Wildman–Crippen MR) is 148 cm³/mol. The van der Waals surface area contributed by atoms with E-state index in [0.717, 1.165) is 51.6 Å². The van der Waals surface area contributed by atoms with Crippen LogP contribution in [-0.2, 0) is 16.5 Å². The van der Waals surface area contributed by atoms with Crippen molar-refractivity contribution >= 4 is 27.8 Å². The molecule has 5 aromatic rings. The summed E-state index contributed by atoms with van der Waals surface area (Å²) >= 11 is 0. The van der Waals surface area contributed by atoms with Crippen LogP contribution in [0.1, 0.15) is 46.1 Å². The predicted octanol–water partition coefficient (Wildman–Crippen LogP) is 5.57. The van der Waals surface area contributed by atoms with Gasteiger partial charge in [-0.1, -0.05) is 41.6 Å². The molecule has 0 bridgehead atoms. The summed E-state index contributed by atoms with van der Waals surface area (Å²) in [6.45, 7) is 3.33. The number of ether oxygens (including phenoxy) is 2. The number of benzene rings is 3. The van der Waals surface area contributed by atoms with Gasteiger partial charge in [-0.05, 0) is 55.5 Å². The van der Waals surface area contributed by atoms with Crippen LogP contribution < -0.4 is 0 Å². The SMILES string of the molecule is COC(=O)c1ccc2c3c(C#N)cc(-c4c(C)nnn4C)cc3n(C(c3ccccc3)C3CCOCC3)c2c1. The van der Waals surface area contributed by atoms with E-state index in [1.165, 1.54) is 12.7 Å². The van der Waals surface area contributed by atoms with Crippen LogP contribution >= 0.6 is 0 Å². The van der Waals surface area contributed by atoms with Crippen molar-refractivity contribution in [1.29, 1.82) is 5.26 Å². The van der Waals surface area contributed by atoms with Gasteiger partial charge in [0.1, 0.15) is 0 Å². The van der Waals surface area contributed by atoms with Gasteiger partial charge in [0.05, 0.1) is 52.8 Å². The third-order valence-electron chi connectivity index (χ3n) is 7.85. The first kappa shape index (κ1) is 24.8. The van der Waals surface area contributed by atoms with Gasteiger partial charge in [-0.3, -0.25) is 0 Å². The van der Waals surface area contributed by atoms with Crippen molar-refractivity contribution in [1.82, 2.24) is 19.6 Å². The van der Waals surface area contributed by atoms with E-state index < -0.39 is 5.97 Å².